The van der Waals surface area contributed by atoms with Crippen LogP contribution in [0.2, 0.25) is 0 Å². The van der Waals surface area contributed by atoms with Gasteiger partial charge in [-0.15, -0.1) is 0 Å². The molecule has 0 fully saturated rings. The minimum absolute atomic E-state index is 0.346. The Morgan fingerprint density at radius 2 is 0.896 bits per heavy atom. The molecule has 0 saturated carbocycles. The van der Waals surface area contributed by atoms with Gasteiger partial charge in [-0.05, 0) is 108 Å². The van der Waals surface area contributed by atoms with Gasteiger partial charge < -0.3 is 0 Å². The Kier molecular flexibility index (Phi) is 10.5. The predicted octanol–water partition coefficient (Wildman–Crippen LogP) is 10.9. The Morgan fingerprint density at radius 1 is 0.542 bits per heavy atom. The van der Waals surface area contributed by atoms with E-state index in [1.165, 1.54) is 8.61 Å². The van der Waals surface area contributed by atoms with Gasteiger partial charge in [0.05, 0.1) is 32.3 Å². The number of hydrogen-bond donors (Lipinski definition) is 0. The first-order chi connectivity index (χ1) is 23.2. The zero-order valence-corrected chi connectivity index (χ0v) is 29.6. The number of fused-ring (bicyclic) bond motifs is 3. The minimum Gasteiger partial charge on any atom is -0.268 e. The van der Waals surface area contributed by atoms with Crippen LogP contribution in [0.25, 0.3) is 20.8 Å². The number of amides is 4. The van der Waals surface area contributed by atoms with Crippen molar-refractivity contribution in [2.24, 2.45) is 0 Å². The van der Waals surface area contributed by atoms with Crippen LogP contribution in [0.4, 0.5) is 0 Å². The monoisotopic (exact) mass is 714 g/mol. The smallest absolute Gasteiger partial charge is 0.268 e. The third-order valence-electron chi connectivity index (χ3n) is 8.27. The predicted molar refractivity (Wildman–Crippen MR) is 198 cm³/mol. The van der Waals surface area contributed by atoms with E-state index in [0.717, 1.165) is 81.3 Å². The zero-order chi connectivity index (χ0) is 33.9. The molecule has 2 heterocycles. The summed E-state index contributed by atoms with van der Waals surface area (Å²) in [5, 5.41) is 2.82. The van der Waals surface area contributed by atoms with Gasteiger partial charge in [0.1, 0.15) is 0 Å². The molecule has 4 amide bonds. The average Bonchev–Trinajstić information content (AvgIpc) is 3.50. The van der Waals surface area contributed by atoms with Crippen LogP contribution in [-0.2, 0) is 0 Å². The van der Waals surface area contributed by atoms with Crippen molar-refractivity contribution >= 4 is 91.6 Å². The lowest BCUT2D eigenvalue weighted by Gasteiger charge is -2.18. The van der Waals surface area contributed by atoms with E-state index in [1.54, 1.807) is 48.5 Å². The van der Waals surface area contributed by atoms with Crippen LogP contribution in [0.1, 0.15) is 105 Å². The van der Waals surface area contributed by atoms with Gasteiger partial charge in [0.15, 0.2) is 0 Å². The highest BCUT2D eigenvalue weighted by atomic mass is 35.5. The van der Waals surface area contributed by atoms with E-state index in [1.807, 2.05) is 36.4 Å². The van der Waals surface area contributed by atoms with Crippen LogP contribution in [0.5, 0.6) is 0 Å². The highest BCUT2D eigenvalue weighted by Gasteiger charge is 2.38. The highest BCUT2D eigenvalue weighted by Crippen LogP contribution is 2.42. The van der Waals surface area contributed by atoms with Crippen LogP contribution in [0, 0.1) is 0 Å². The number of carbonyl (C=O) groups excluding carboxylic acids is 4. The molecule has 0 N–H and O–H groups in total. The Hall–Kier alpha value is -3.82. The molecular weight excluding hydrogens is 683 g/mol. The standard InChI is InChI=1S/C38H32Cl2N2O4S2/c1-3-5-15-31(47-41-35(43)27-11-7-8-12-28(27)36(41)44)33(39)24-19-17-23-18-20-25(22-26(23)21-24)34(40)32(16-6-4-2)48-42-37(45)29-13-9-10-14-30(29)38(42)46/h7-14,17-22H,3-6,15-16H2,1-2H3/b33-31+,34-32+. The van der Waals surface area contributed by atoms with Gasteiger partial charge >= 0.3 is 0 Å². The zero-order valence-electron chi connectivity index (χ0n) is 26.4. The summed E-state index contributed by atoms with van der Waals surface area (Å²) in [4.78, 5) is 54.0. The van der Waals surface area contributed by atoms with E-state index in [-0.39, 0.29) is 23.6 Å². The van der Waals surface area contributed by atoms with Crippen molar-refractivity contribution in [1.82, 2.24) is 8.61 Å². The molecule has 6 nitrogen and oxygen atoms in total. The van der Waals surface area contributed by atoms with Crippen LogP contribution in [0.15, 0.2) is 94.7 Å². The lowest BCUT2D eigenvalue weighted by Crippen LogP contribution is -2.22. The number of carbonyl (C=O) groups is 4. The number of nitrogens with zero attached hydrogens (tertiary/aromatic N) is 2. The van der Waals surface area contributed by atoms with Gasteiger partial charge in [-0.3, -0.25) is 19.2 Å². The first kappa shape index (κ1) is 34.1. The van der Waals surface area contributed by atoms with Gasteiger partial charge in [-0.1, -0.05) is 98.4 Å². The maximum Gasteiger partial charge on any atom is 0.272 e. The van der Waals surface area contributed by atoms with E-state index in [4.69, 9.17) is 23.2 Å². The molecule has 4 aromatic rings. The summed E-state index contributed by atoms with van der Waals surface area (Å²) in [6, 6.07) is 25.4. The number of unbranched alkanes of at least 4 members (excludes halogenated alkanes) is 2. The fraction of sp³-hybridized carbons (Fsp3) is 0.211. The van der Waals surface area contributed by atoms with Crippen molar-refractivity contribution in [3.63, 3.8) is 0 Å². The van der Waals surface area contributed by atoms with Gasteiger partial charge in [0, 0.05) is 9.81 Å². The van der Waals surface area contributed by atoms with E-state index in [2.05, 4.69) is 13.8 Å². The molecule has 0 aromatic heterocycles. The quantitative estimate of drug-likeness (QED) is 0.107. The van der Waals surface area contributed by atoms with Crippen molar-refractivity contribution in [1.29, 1.82) is 0 Å². The Bertz CT molecular complexity index is 1830. The number of hydrogen-bond acceptors (Lipinski definition) is 6. The van der Waals surface area contributed by atoms with Gasteiger partial charge in [0.2, 0.25) is 0 Å². The van der Waals surface area contributed by atoms with E-state index in [9.17, 15) is 19.2 Å². The van der Waals surface area contributed by atoms with Crippen molar-refractivity contribution in [2.75, 3.05) is 0 Å². The molecule has 0 radical (unpaired) electrons. The fourth-order valence-corrected chi connectivity index (χ4v) is 8.29. The minimum atomic E-state index is -0.346. The van der Waals surface area contributed by atoms with E-state index >= 15 is 0 Å². The van der Waals surface area contributed by atoms with Crippen molar-refractivity contribution < 1.29 is 19.2 Å². The Labute approximate surface area is 298 Å². The first-order valence-electron chi connectivity index (χ1n) is 15.9. The summed E-state index contributed by atoms with van der Waals surface area (Å²) in [7, 11) is 0. The molecule has 0 spiro atoms. The third-order valence-corrected chi connectivity index (χ3v) is 11.7. The summed E-state index contributed by atoms with van der Waals surface area (Å²) in [6.45, 7) is 4.16. The second-order valence-electron chi connectivity index (χ2n) is 11.5. The molecule has 4 aromatic carbocycles. The molecule has 6 rings (SSSR count). The lowest BCUT2D eigenvalue weighted by atomic mass is 10.0. The van der Waals surface area contributed by atoms with Crippen molar-refractivity contribution in [3.05, 3.63) is 128 Å². The number of benzene rings is 4. The molecule has 10 heteroatoms. The highest BCUT2D eigenvalue weighted by molar-refractivity contribution is 8.02. The fourth-order valence-electron chi connectivity index (χ4n) is 5.63. The summed E-state index contributed by atoms with van der Waals surface area (Å²) < 4.78 is 2.40. The summed E-state index contributed by atoms with van der Waals surface area (Å²) in [5.41, 5.74) is 3.07. The van der Waals surface area contributed by atoms with Crippen LogP contribution < -0.4 is 0 Å². The molecule has 0 atom stereocenters. The van der Waals surface area contributed by atoms with Gasteiger partial charge in [0.25, 0.3) is 23.6 Å². The second kappa shape index (κ2) is 14.7. The molecule has 0 saturated heterocycles. The number of rotatable bonds is 12. The van der Waals surface area contributed by atoms with Crippen molar-refractivity contribution in [2.45, 2.75) is 52.4 Å². The Morgan fingerprint density at radius 3 is 1.23 bits per heavy atom. The molecule has 244 valence electrons. The summed E-state index contributed by atoms with van der Waals surface area (Å²) in [6.07, 6.45) is 4.73. The van der Waals surface area contributed by atoms with E-state index in [0.29, 0.717) is 45.2 Å². The van der Waals surface area contributed by atoms with Gasteiger partial charge in [-0.2, -0.15) is 0 Å². The van der Waals surface area contributed by atoms with E-state index < -0.39 is 0 Å². The molecule has 48 heavy (non-hydrogen) atoms. The molecular formula is C38H32Cl2N2O4S2. The topological polar surface area (TPSA) is 74.8 Å². The molecule has 0 bridgehead atoms. The first-order valence-corrected chi connectivity index (χ1v) is 18.2. The second-order valence-corrected chi connectivity index (χ2v) is 14.4. The maximum absolute atomic E-state index is 13.1. The molecule has 0 aliphatic carbocycles. The lowest BCUT2D eigenvalue weighted by molar-refractivity contribution is 0.0761. The Balaban J connectivity index is 1.33. The van der Waals surface area contributed by atoms with Crippen LogP contribution >= 0.6 is 47.1 Å². The average molecular weight is 716 g/mol. The number of halogens is 2. The third kappa shape index (κ3) is 6.59. The maximum atomic E-state index is 13.1. The molecule has 2 aliphatic heterocycles. The SMILES string of the molecule is CCCC/C(SN1C(=O)c2ccccc2C1=O)=C(\Cl)c1ccc2ccc(/C(Cl)=C(/CCCC)SN3C(=O)c4ccccc4C3=O)cc2c1. The summed E-state index contributed by atoms with van der Waals surface area (Å²) in [5.74, 6) is -1.38. The number of imide groups is 2. The van der Waals surface area contributed by atoms with Gasteiger partial charge in [-0.25, -0.2) is 8.61 Å². The number of allylic oxidation sites excluding steroid dienone is 2. The van der Waals surface area contributed by atoms with Crippen molar-refractivity contribution in [3.8, 4) is 0 Å². The van der Waals surface area contributed by atoms with Crippen LogP contribution in [-0.4, -0.2) is 32.2 Å². The van der Waals surface area contributed by atoms with Crippen LogP contribution in [0.3, 0.4) is 0 Å². The molecule has 0 unspecified atom stereocenters. The summed E-state index contributed by atoms with van der Waals surface area (Å²) >= 11 is 16.3. The molecule has 2 aliphatic rings. The largest absolute Gasteiger partial charge is 0.272 e. The normalized spacial score (nSPS) is 15.2.